The summed E-state index contributed by atoms with van der Waals surface area (Å²) in [7, 11) is 0. The number of carboxylic acid groups (broad SMARTS) is 1. The van der Waals surface area contributed by atoms with Crippen molar-refractivity contribution in [3.05, 3.63) is 77.4 Å². The Kier molecular flexibility index (Phi) is 5.56. The van der Waals surface area contributed by atoms with Crippen molar-refractivity contribution in [2.24, 2.45) is 11.0 Å². The summed E-state index contributed by atoms with van der Waals surface area (Å²) in [4.78, 5) is 23.8. The molecule has 2 atom stereocenters. The summed E-state index contributed by atoms with van der Waals surface area (Å²) in [6.45, 7) is 0. The number of carbonyl (C=O) groups is 2. The van der Waals surface area contributed by atoms with E-state index in [9.17, 15) is 9.59 Å². The fourth-order valence-corrected chi connectivity index (χ4v) is 4.27. The van der Waals surface area contributed by atoms with Crippen molar-refractivity contribution in [1.82, 2.24) is 5.01 Å². The van der Waals surface area contributed by atoms with Crippen molar-refractivity contribution >= 4 is 23.7 Å². The molecule has 1 saturated carbocycles. The molecule has 1 aliphatic carbocycles. The molecule has 0 aromatic heterocycles. The van der Waals surface area contributed by atoms with Gasteiger partial charge in [0.15, 0.2) is 0 Å². The lowest BCUT2D eigenvalue weighted by molar-refractivity contribution is -0.141. The standard InChI is InChI=1S/C24H24N2O3/c27-21(14-15-22(28)29)26-24(18-10-5-2-6-11-18)20-13-7-12-19(23(20)25-26)16-17-8-3-1-4-9-17/h1-6,8-11,16,20,24H,7,12-15H2,(H,28,29)/b19-16+/t20-,24+/m1/s1. The molecule has 2 aromatic carbocycles. The summed E-state index contributed by atoms with van der Waals surface area (Å²) in [5.74, 6) is -1.07. The second-order valence-corrected chi connectivity index (χ2v) is 7.55. The molecule has 2 aliphatic rings. The number of rotatable bonds is 5. The molecule has 1 heterocycles. The van der Waals surface area contributed by atoms with Gasteiger partial charge in [0.25, 0.3) is 0 Å². The molecule has 0 unspecified atom stereocenters. The van der Waals surface area contributed by atoms with E-state index < -0.39 is 5.97 Å². The van der Waals surface area contributed by atoms with Crippen LogP contribution in [0.1, 0.15) is 49.3 Å². The average molecular weight is 388 g/mol. The van der Waals surface area contributed by atoms with Crippen LogP contribution in [0, 0.1) is 5.92 Å². The molecule has 5 nitrogen and oxygen atoms in total. The maximum Gasteiger partial charge on any atom is 0.303 e. The number of allylic oxidation sites excluding steroid dienone is 1. The van der Waals surface area contributed by atoms with Crippen LogP contribution in [0.4, 0.5) is 0 Å². The molecule has 0 bridgehead atoms. The molecule has 1 amide bonds. The first-order chi connectivity index (χ1) is 14.1. The number of hydrazone groups is 1. The number of amides is 1. The van der Waals surface area contributed by atoms with Crippen molar-refractivity contribution in [3.8, 4) is 0 Å². The largest absolute Gasteiger partial charge is 0.481 e. The molecule has 29 heavy (non-hydrogen) atoms. The first kappa shape index (κ1) is 19.1. The summed E-state index contributed by atoms with van der Waals surface area (Å²) in [5.41, 5.74) is 4.30. The Morgan fingerprint density at radius 2 is 1.72 bits per heavy atom. The van der Waals surface area contributed by atoms with Crippen LogP contribution >= 0.6 is 0 Å². The van der Waals surface area contributed by atoms with E-state index >= 15 is 0 Å². The molecule has 1 N–H and O–H groups in total. The maximum atomic E-state index is 12.9. The zero-order valence-corrected chi connectivity index (χ0v) is 16.2. The number of carbonyl (C=O) groups excluding carboxylic acids is 1. The quantitative estimate of drug-likeness (QED) is 0.809. The summed E-state index contributed by atoms with van der Waals surface area (Å²) < 4.78 is 0. The smallest absolute Gasteiger partial charge is 0.303 e. The van der Waals surface area contributed by atoms with Crippen molar-refractivity contribution in [2.75, 3.05) is 0 Å². The minimum atomic E-state index is -0.969. The Bertz CT molecular complexity index is 951. The van der Waals surface area contributed by atoms with Gasteiger partial charge in [-0.05, 0) is 42.0 Å². The summed E-state index contributed by atoms with van der Waals surface area (Å²) >= 11 is 0. The Morgan fingerprint density at radius 3 is 2.41 bits per heavy atom. The molecular weight excluding hydrogens is 364 g/mol. The third-order valence-corrected chi connectivity index (χ3v) is 5.59. The van der Waals surface area contributed by atoms with Crippen LogP contribution in [0.3, 0.4) is 0 Å². The zero-order chi connectivity index (χ0) is 20.2. The lowest BCUT2D eigenvalue weighted by atomic mass is 9.77. The Hall–Kier alpha value is -3.21. The number of aliphatic carboxylic acids is 1. The van der Waals surface area contributed by atoms with E-state index in [0.717, 1.165) is 36.1 Å². The maximum absolute atomic E-state index is 12.9. The summed E-state index contributed by atoms with van der Waals surface area (Å²) in [5, 5.41) is 15.3. The first-order valence-corrected chi connectivity index (χ1v) is 10.1. The van der Waals surface area contributed by atoms with Crippen LogP contribution in [0.15, 0.2) is 71.3 Å². The number of fused-ring (bicyclic) bond motifs is 1. The van der Waals surface area contributed by atoms with E-state index in [4.69, 9.17) is 10.2 Å². The van der Waals surface area contributed by atoms with Crippen LogP contribution < -0.4 is 0 Å². The van der Waals surface area contributed by atoms with Gasteiger partial charge in [0.05, 0.1) is 18.2 Å². The van der Waals surface area contributed by atoms with E-state index in [2.05, 4.69) is 18.2 Å². The number of benzene rings is 2. The highest BCUT2D eigenvalue weighted by Crippen LogP contribution is 2.44. The number of nitrogens with zero attached hydrogens (tertiary/aromatic N) is 2. The second kappa shape index (κ2) is 8.43. The highest BCUT2D eigenvalue weighted by atomic mass is 16.4. The van der Waals surface area contributed by atoms with Gasteiger partial charge >= 0.3 is 5.97 Å². The Morgan fingerprint density at radius 1 is 1.03 bits per heavy atom. The topological polar surface area (TPSA) is 70.0 Å². The van der Waals surface area contributed by atoms with Gasteiger partial charge in [-0.3, -0.25) is 9.59 Å². The minimum Gasteiger partial charge on any atom is -0.481 e. The molecule has 4 rings (SSSR count). The second-order valence-electron chi connectivity index (χ2n) is 7.55. The molecule has 148 valence electrons. The monoisotopic (exact) mass is 388 g/mol. The predicted molar refractivity (Wildman–Crippen MR) is 112 cm³/mol. The van der Waals surface area contributed by atoms with E-state index in [1.165, 1.54) is 5.57 Å². The van der Waals surface area contributed by atoms with Gasteiger partial charge in [-0.2, -0.15) is 5.10 Å². The lowest BCUT2D eigenvalue weighted by Crippen LogP contribution is -2.32. The predicted octanol–water partition coefficient (Wildman–Crippen LogP) is 4.67. The SMILES string of the molecule is O=C(O)CCC(=O)N1N=C2/C(=C/c3ccccc3)CCC[C@H]2[C@@H]1c1ccccc1. The average Bonchev–Trinajstić information content (AvgIpc) is 3.14. The molecule has 1 aliphatic heterocycles. The molecule has 0 radical (unpaired) electrons. The van der Waals surface area contributed by atoms with E-state index in [1.54, 1.807) is 5.01 Å². The van der Waals surface area contributed by atoms with Gasteiger partial charge in [0, 0.05) is 12.3 Å². The van der Waals surface area contributed by atoms with Gasteiger partial charge < -0.3 is 5.11 Å². The highest BCUT2D eigenvalue weighted by Gasteiger charge is 2.43. The fraction of sp³-hybridized carbons (Fsp3) is 0.292. The zero-order valence-electron chi connectivity index (χ0n) is 16.2. The molecule has 0 spiro atoms. The molecule has 2 aromatic rings. The molecular formula is C24H24N2O3. The van der Waals surface area contributed by atoms with Gasteiger partial charge in [-0.25, -0.2) is 5.01 Å². The summed E-state index contributed by atoms with van der Waals surface area (Å²) in [6, 6.07) is 19.9. The Balaban J connectivity index is 1.70. The third-order valence-electron chi connectivity index (χ3n) is 5.59. The fourth-order valence-electron chi connectivity index (χ4n) is 4.27. The first-order valence-electron chi connectivity index (χ1n) is 10.1. The molecule has 5 heteroatoms. The number of carboxylic acids is 1. The highest BCUT2D eigenvalue weighted by molar-refractivity contribution is 6.08. The lowest BCUT2D eigenvalue weighted by Gasteiger charge is -2.29. The van der Waals surface area contributed by atoms with Gasteiger partial charge in [0.1, 0.15) is 0 Å². The van der Waals surface area contributed by atoms with Crippen LogP contribution in [0.2, 0.25) is 0 Å². The molecule has 0 saturated heterocycles. The van der Waals surface area contributed by atoms with E-state index in [0.29, 0.717) is 0 Å². The Labute approximate surface area is 170 Å². The third kappa shape index (κ3) is 4.14. The van der Waals surface area contributed by atoms with Gasteiger partial charge in [-0.1, -0.05) is 60.7 Å². The molecule has 1 fully saturated rings. The van der Waals surface area contributed by atoms with Crippen molar-refractivity contribution in [1.29, 1.82) is 0 Å². The minimum absolute atomic E-state index is 0.0418. The van der Waals surface area contributed by atoms with Gasteiger partial charge in [0.2, 0.25) is 5.91 Å². The van der Waals surface area contributed by atoms with E-state index in [-0.39, 0.29) is 30.7 Å². The van der Waals surface area contributed by atoms with Crippen LogP contribution in [0.25, 0.3) is 6.08 Å². The van der Waals surface area contributed by atoms with Gasteiger partial charge in [-0.15, -0.1) is 0 Å². The van der Waals surface area contributed by atoms with Crippen molar-refractivity contribution in [3.63, 3.8) is 0 Å². The normalized spacial score (nSPS) is 22.3. The van der Waals surface area contributed by atoms with Crippen molar-refractivity contribution < 1.29 is 14.7 Å². The van der Waals surface area contributed by atoms with Crippen molar-refractivity contribution in [2.45, 2.75) is 38.1 Å². The summed E-state index contributed by atoms with van der Waals surface area (Å²) in [6.07, 6.45) is 4.89. The van der Waals surface area contributed by atoms with E-state index in [1.807, 2.05) is 48.5 Å². The number of hydrogen-bond acceptors (Lipinski definition) is 3. The van der Waals surface area contributed by atoms with Crippen LogP contribution in [-0.2, 0) is 9.59 Å². The number of hydrogen-bond donors (Lipinski definition) is 1. The van der Waals surface area contributed by atoms with Crippen LogP contribution in [-0.4, -0.2) is 27.7 Å². The van der Waals surface area contributed by atoms with Crippen LogP contribution in [0.5, 0.6) is 0 Å².